The van der Waals surface area contributed by atoms with Gasteiger partial charge in [0.2, 0.25) is 0 Å². The Hall–Kier alpha value is -9.56. The Kier molecular flexibility index (Phi) is 7.54. The smallest absolute Gasteiger partial charge is 0.0725 e. The lowest BCUT2D eigenvalue weighted by Crippen LogP contribution is -2.25. The molecule has 5 aliphatic rings. The van der Waals surface area contributed by atoms with Crippen LogP contribution >= 0.6 is 0 Å². The second kappa shape index (κ2) is 14.1. The highest BCUT2D eigenvalue weighted by atomic mass is 15.0. The molecule has 1 heteroatoms. The largest absolute Gasteiger partial charge is 0.308 e. The number of aromatic nitrogens is 1. The molecule has 13 aromatic rings. The van der Waals surface area contributed by atoms with Gasteiger partial charge >= 0.3 is 0 Å². The Labute approximate surface area is 434 Å². The Morgan fingerprint density at radius 3 is 1.12 bits per heavy atom. The van der Waals surface area contributed by atoms with Gasteiger partial charge in [-0.2, -0.15) is 0 Å². The second-order valence-electron chi connectivity index (χ2n) is 21.3. The first-order valence-electron chi connectivity index (χ1n) is 26.4. The fourth-order valence-electron chi connectivity index (χ4n) is 15.5. The number of benzene rings is 12. The van der Waals surface area contributed by atoms with Crippen molar-refractivity contribution in [2.45, 2.75) is 10.8 Å². The molecular formula is C74H43N. The Morgan fingerprint density at radius 1 is 0.227 bits per heavy atom. The molecule has 2 spiro atoms. The van der Waals surface area contributed by atoms with Gasteiger partial charge in [0.05, 0.1) is 27.6 Å². The van der Waals surface area contributed by atoms with Crippen molar-refractivity contribution in [2.24, 2.45) is 0 Å². The van der Waals surface area contributed by atoms with E-state index in [4.69, 9.17) is 0 Å². The Balaban J connectivity index is 0.875. The minimum Gasteiger partial charge on any atom is -0.308 e. The maximum Gasteiger partial charge on any atom is 0.0725 e. The van der Waals surface area contributed by atoms with Crippen LogP contribution in [0.25, 0.3) is 117 Å². The number of hydrogen-bond donors (Lipinski definition) is 0. The number of hydrogen-bond acceptors (Lipinski definition) is 0. The summed E-state index contributed by atoms with van der Waals surface area (Å²) in [5.41, 5.74) is 34.2. The van der Waals surface area contributed by atoms with E-state index in [9.17, 15) is 0 Å². The molecule has 0 amide bonds. The van der Waals surface area contributed by atoms with E-state index in [0.29, 0.717) is 0 Å². The van der Waals surface area contributed by atoms with E-state index in [0.717, 1.165) is 0 Å². The summed E-state index contributed by atoms with van der Waals surface area (Å²) in [6.45, 7) is 0. The van der Waals surface area contributed by atoms with Crippen molar-refractivity contribution < 1.29 is 0 Å². The summed E-state index contributed by atoms with van der Waals surface area (Å²) in [5.74, 6) is 0. The van der Waals surface area contributed by atoms with Gasteiger partial charge in [-0.15, -0.1) is 0 Å². The van der Waals surface area contributed by atoms with Gasteiger partial charge in [0, 0.05) is 21.9 Å². The zero-order chi connectivity index (χ0) is 48.7. The second-order valence-corrected chi connectivity index (χ2v) is 21.3. The maximum atomic E-state index is 2.57. The zero-order valence-electron chi connectivity index (χ0n) is 40.8. The highest BCUT2D eigenvalue weighted by Crippen LogP contribution is 2.66. The van der Waals surface area contributed by atoms with E-state index in [2.05, 4.69) is 265 Å². The topological polar surface area (TPSA) is 4.93 Å². The van der Waals surface area contributed by atoms with Crippen molar-refractivity contribution in [3.05, 3.63) is 305 Å². The first-order valence-corrected chi connectivity index (χ1v) is 26.4. The Morgan fingerprint density at radius 2 is 0.600 bits per heavy atom. The fraction of sp³-hybridized carbons (Fsp3) is 0.0270. The van der Waals surface area contributed by atoms with Crippen LogP contribution in [0.15, 0.2) is 261 Å². The number of rotatable bonds is 2. The molecule has 75 heavy (non-hydrogen) atoms. The highest BCUT2D eigenvalue weighted by molar-refractivity contribution is 6.18. The lowest BCUT2D eigenvalue weighted by atomic mass is 9.70. The first kappa shape index (κ1) is 40.0. The van der Waals surface area contributed by atoms with Crippen LogP contribution in [0.3, 0.4) is 0 Å². The van der Waals surface area contributed by atoms with Gasteiger partial charge in [-0.3, -0.25) is 0 Å². The van der Waals surface area contributed by atoms with E-state index in [1.165, 1.54) is 161 Å². The maximum absolute atomic E-state index is 2.57. The molecule has 0 N–H and O–H groups in total. The minimum atomic E-state index is -0.416. The first-order chi connectivity index (χ1) is 37.2. The molecule has 12 aromatic carbocycles. The van der Waals surface area contributed by atoms with Gasteiger partial charge in [0.1, 0.15) is 0 Å². The molecular weight excluding hydrogens is 903 g/mol. The minimum absolute atomic E-state index is 0.407. The molecule has 0 saturated carbocycles. The molecule has 1 aliphatic heterocycles. The van der Waals surface area contributed by atoms with Gasteiger partial charge < -0.3 is 4.57 Å². The van der Waals surface area contributed by atoms with Gasteiger partial charge in [-0.1, -0.05) is 231 Å². The van der Waals surface area contributed by atoms with Crippen LogP contribution in [-0.4, -0.2) is 4.57 Å². The molecule has 0 saturated heterocycles. The molecule has 4 aliphatic carbocycles. The number of para-hydroxylation sites is 1. The van der Waals surface area contributed by atoms with Crippen molar-refractivity contribution in [3.8, 4) is 94.7 Å². The van der Waals surface area contributed by atoms with Gasteiger partial charge in [0.15, 0.2) is 0 Å². The molecule has 0 unspecified atom stereocenters. The van der Waals surface area contributed by atoms with Gasteiger partial charge in [0.25, 0.3) is 0 Å². The molecule has 2 heterocycles. The fourth-order valence-corrected chi connectivity index (χ4v) is 15.5. The van der Waals surface area contributed by atoms with E-state index < -0.39 is 10.8 Å². The molecule has 344 valence electrons. The van der Waals surface area contributed by atoms with Crippen LogP contribution in [0, 0.1) is 0 Å². The third-order valence-corrected chi connectivity index (χ3v) is 18.2. The highest BCUT2D eigenvalue weighted by Gasteiger charge is 2.53. The Bertz CT molecular complexity index is 4640. The van der Waals surface area contributed by atoms with Crippen molar-refractivity contribution >= 4 is 21.8 Å². The predicted octanol–water partition coefficient (Wildman–Crippen LogP) is 18.5. The normalized spacial score (nSPS) is 14.3. The van der Waals surface area contributed by atoms with Gasteiger partial charge in [-0.05, 0) is 153 Å². The molecule has 0 radical (unpaired) electrons. The monoisotopic (exact) mass is 945 g/mol. The van der Waals surface area contributed by atoms with Crippen LogP contribution < -0.4 is 0 Å². The molecule has 1 nitrogen and oxygen atoms in total. The summed E-state index contributed by atoms with van der Waals surface area (Å²) in [4.78, 5) is 0. The van der Waals surface area contributed by atoms with Crippen molar-refractivity contribution in [1.82, 2.24) is 4.57 Å². The van der Waals surface area contributed by atoms with Crippen molar-refractivity contribution in [1.29, 1.82) is 0 Å². The van der Waals surface area contributed by atoms with Crippen LogP contribution in [0.1, 0.15) is 44.5 Å². The molecule has 0 atom stereocenters. The average molecular weight is 946 g/mol. The quantitative estimate of drug-likeness (QED) is 0.163. The average Bonchev–Trinajstić information content (AvgIpc) is 4.41. The molecule has 0 fully saturated rings. The summed E-state index contributed by atoms with van der Waals surface area (Å²) in [7, 11) is 0. The standard InChI is InChI=1S/C74H43N/c1-2-20-49-48(19-1)57-41-44(46-28-17-36-66-70(46)55-26-7-14-34-64(55)73(66)60-30-10-3-21-50(60)51-22-4-11-31-61(51)73)39-40-69(57)75-68-38-16-9-25-54(68)59-43-45(42-58(49)72(59)75)47-29-18-37-67-71(47)56-27-8-15-35-65(56)74(67)62-32-12-5-23-52(62)53-24-6-13-33-63(53)74/h1-43H. The third kappa shape index (κ3) is 4.69. The number of nitrogens with zero attached hydrogens (tertiary/aromatic N) is 1. The molecule has 0 bridgehead atoms. The van der Waals surface area contributed by atoms with Crippen LogP contribution in [-0.2, 0) is 10.8 Å². The number of fused-ring (bicyclic) bond motifs is 28. The summed E-state index contributed by atoms with van der Waals surface area (Å²) in [6, 6.07) is 99.5. The van der Waals surface area contributed by atoms with E-state index in [-0.39, 0.29) is 0 Å². The predicted molar refractivity (Wildman–Crippen MR) is 309 cm³/mol. The summed E-state index contributed by atoms with van der Waals surface area (Å²) < 4.78 is 2.57. The lowest BCUT2D eigenvalue weighted by Gasteiger charge is -2.30. The van der Waals surface area contributed by atoms with Gasteiger partial charge in [-0.25, -0.2) is 0 Å². The van der Waals surface area contributed by atoms with Crippen molar-refractivity contribution in [2.75, 3.05) is 0 Å². The van der Waals surface area contributed by atoms with E-state index in [1.807, 2.05) is 0 Å². The SMILES string of the molecule is c1ccc2c(c1)-c1cc(-c3cccc4c3-c3ccccc3C43c4ccccc4-c4ccccc43)ccc1-n1c3ccccc3c3cc(-c4cccc5c4-c4ccccc4C54c5ccccc5-c5ccccc54)cc-2c31. The van der Waals surface area contributed by atoms with Crippen molar-refractivity contribution in [3.63, 3.8) is 0 Å². The van der Waals surface area contributed by atoms with Crippen LogP contribution in [0.4, 0.5) is 0 Å². The third-order valence-electron chi connectivity index (χ3n) is 18.2. The zero-order valence-corrected chi connectivity index (χ0v) is 40.8. The lowest BCUT2D eigenvalue weighted by molar-refractivity contribution is 0.794. The van der Waals surface area contributed by atoms with E-state index >= 15 is 0 Å². The summed E-state index contributed by atoms with van der Waals surface area (Å²) in [5, 5.41) is 2.52. The summed E-state index contributed by atoms with van der Waals surface area (Å²) >= 11 is 0. The molecule has 1 aromatic heterocycles. The van der Waals surface area contributed by atoms with Crippen LogP contribution in [0.5, 0.6) is 0 Å². The van der Waals surface area contributed by atoms with E-state index in [1.54, 1.807) is 0 Å². The van der Waals surface area contributed by atoms with Crippen LogP contribution in [0.2, 0.25) is 0 Å². The summed E-state index contributed by atoms with van der Waals surface area (Å²) in [6.07, 6.45) is 0. The molecule has 18 rings (SSSR count).